The van der Waals surface area contributed by atoms with Gasteiger partial charge < -0.3 is 31.2 Å². The third-order valence-corrected chi connectivity index (χ3v) is 5.20. The second-order valence-corrected chi connectivity index (χ2v) is 7.12. The number of anilines is 2. The lowest BCUT2D eigenvalue weighted by molar-refractivity contribution is -0.0511. The van der Waals surface area contributed by atoms with E-state index in [0.29, 0.717) is 11.2 Å². The van der Waals surface area contributed by atoms with Crippen molar-refractivity contribution in [3.63, 3.8) is 0 Å². The van der Waals surface area contributed by atoms with Gasteiger partial charge in [0.15, 0.2) is 17.7 Å². The van der Waals surface area contributed by atoms with E-state index < -0.39 is 31.1 Å². The second kappa shape index (κ2) is 7.87. The van der Waals surface area contributed by atoms with Crippen LogP contribution < -0.4 is 16.6 Å². The van der Waals surface area contributed by atoms with E-state index >= 15 is 0 Å². The van der Waals surface area contributed by atoms with Crippen molar-refractivity contribution >= 4 is 22.9 Å². The largest absolute Gasteiger partial charge is 0.394 e. The second-order valence-electron chi connectivity index (χ2n) is 7.12. The van der Waals surface area contributed by atoms with E-state index in [1.54, 1.807) is 0 Å². The minimum absolute atomic E-state index is 0.171. The Kier molecular flexibility index (Phi) is 5.31. The summed E-state index contributed by atoms with van der Waals surface area (Å²) >= 11 is 0. The molecule has 0 radical (unpaired) electrons. The molecule has 1 aliphatic carbocycles. The molecule has 28 heavy (non-hydrogen) atoms. The lowest BCUT2D eigenvalue weighted by Gasteiger charge is -2.17. The van der Waals surface area contributed by atoms with Gasteiger partial charge in [0, 0.05) is 6.20 Å². The highest BCUT2D eigenvalue weighted by atomic mass is 16.6. The number of allylic oxidation sites excluding steroid dienone is 1. The molecule has 0 bridgehead atoms. The number of aromatic nitrogens is 4. The average Bonchev–Trinajstić information content (AvgIpc) is 3.24. The van der Waals surface area contributed by atoms with Gasteiger partial charge in [-0.05, 0) is 25.7 Å². The number of ether oxygens (including phenoxy) is 1. The Labute approximate surface area is 161 Å². The minimum Gasteiger partial charge on any atom is -0.394 e. The van der Waals surface area contributed by atoms with Gasteiger partial charge in [0.2, 0.25) is 5.95 Å². The van der Waals surface area contributed by atoms with Gasteiger partial charge in [-0.1, -0.05) is 12.0 Å². The highest BCUT2D eigenvalue weighted by Crippen LogP contribution is 2.32. The topological polar surface area (TPSA) is 164 Å². The van der Waals surface area contributed by atoms with Gasteiger partial charge in [0.1, 0.15) is 23.8 Å². The van der Waals surface area contributed by atoms with Crippen LogP contribution in [0.4, 0.5) is 11.8 Å². The van der Waals surface area contributed by atoms with Crippen LogP contribution >= 0.6 is 0 Å². The minimum atomic E-state index is -1.24. The van der Waals surface area contributed by atoms with Crippen LogP contribution in [0.2, 0.25) is 0 Å². The van der Waals surface area contributed by atoms with Crippen molar-refractivity contribution in [3.05, 3.63) is 18.1 Å². The number of nitrogens with one attached hydrogen (secondary N) is 2. The number of hydrogen-bond donors (Lipinski definition) is 6. The Bertz CT molecular complexity index is 863. The quantitative estimate of drug-likeness (QED) is 0.376. The number of hydrazine groups is 1. The summed E-state index contributed by atoms with van der Waals surface area (Å²) in [4.78, 5) is 12.8. The van der Waals surface area contributed by atoms with Crippen LogP contribution in [-0.4, -0.2) is 59.8 Å². The maximum absolute atomic E-state index is 10.3. The summed E-state index contributed by atoms with van der Waals surface area (Å²) in [6.07, 6.45) is 4.87. The summed E-state index contributed by atoms with van der Waals surface area (Å²) in [5, 5.41) is 29.5. The highest BCUT2D eigenvalue weighted by Gasteiger charge is 2.44. The van der Waals surface area contributed by atoms with Crippen molar-refractivity contribution in [1.29, 1.82) is 0 Å². The van der Waals surface area contributed by atoms with Gasteiger partial charge in [-0.15, -0.1) is 0 Å². The Balaban J connectivity index is 1.56. The van der Waals surface area contributed by atoms with Crippen LogP contribution in [0.25, 0.3) is 11.2 Å². The molecule has 4 rings (SSSR count). The zero-order chi connectivity index (χ0) is 19.7. The summed E-state index contributed by atoms with van der Waals surface area (Å²) in [6, 6.07) is 0. The smallest absolute Gasteiger partial charge is 0.245 e. The number of imidazole rings is 1. The highest BCUT2D eigenvalue weighted by molar-refractivity contribution is 5.82. The Hall–Kier alpha value is -2.47. The molecule has 2 aliphatic rings. The van der Waals surface area contributed by atoms with Crippen molar-refractivity contribution in [2.75, 3.05) is 17.8 Å². The van der Waals surface area contributed by atoms with Gasteiger partial charge in [-0.25, -0.2) is 4.98 Å². The monoisotopic (exact) mass is 391 g/mol. The van der Waals surface area contributed by atoms with Gasteiger partial charge in [-0.2, -0.15) is 9.97 Å². The molecular weight excluding hydrogens is 366 g/mol. The van der Waals surface area contributed by atoms with Gasteiger partial charge in [0.25, 0.3) is 0 Å². The van der Waals surface area contributed by atoms with Gasteiger partial charge >= 0.3 is 0 Å². The van der Waals surface area contributed by atoms with Crippen molar-refractivity contribution in [2.24, 2.45) is 0 Å². The van der Waals surface area contributed by atoms with Gasteiger partial charge in [0.05, 0.1) is 12.9 Å². The van der Waals surface area contributed by atoms with E-state index in [0.717, 1.165) is 12.8 Å². The number of nitrogens with two attached hydrogens (primary N) is 1. The molecule has 1 saturated carbocycles. The molecule has 11 heteroatoms. The third kappa shape index (κ3) is 3.49. The molecule has 3 heterocycles. The van der Waals surface area contributed by atoms with Crippen LogP contribution in [0.1, 0.15) is 38.3 Å². The van der Waals surface area contributed by atoms with Crippen molar-refractivity contribution in [1.82, 2.24) is 24.9 Å². The summed E-state index contributed by atoms with van der Waals surface area (Å²) in [5.74, 6) is 0.413. The van der Waals surface area contributed by atoms with Crippen LogP contribution in [0.3, 0.4) is 0 Å². The molecule has 7 N–H and O–H groups in total. The maximum Gasteiger partial charge on any atom is 0.245 e. The molecule has 1 saturated heterocycles. The molecule has 2 aromatic rings. The summed E-state index contributed by atoms with van der Waals surface area (Å²) in [7, 11) is 0. The number of aliphatic hydroxyl groups excluding tert-OH is 3. The van der Waals surface area contributed by atoms with E-state index in [-0.39, 0.29) is 11.8 Å². The lowest BCUT2D eigenvalue weighted by atomic mass is 9.96. The Morgan fingerprint density at radius 1 is 1.21 bits per heavy atom. The SMILES string of the molecule is Nc1nc(NNC=C2CCCCC2)nc2c1ncn2C1OC(CO)[C@@H](O)[C@H]1O. The molecule has 1 aliphatic heterocycles. The molecule has 2 aromatic heterocycles. The zero-order valence-corrected chi connectivity index (χ0v) is 15.3. The third-order valence-electron chi connectivity index (χ3n) is 5.20. The average molecular weight is 391 g/mol. The number of rotatable bonds is 5. The maximum atomic E-state index is 10.3. The van der Waals surface area contributed by atoms with Crippen molar-refractivity contribution in [3.8, 4) is 0 Å². The first kappa shape index (κ1) is 18.9. The van der Waals surface area contributed by atoms with Crippen LogP contribution in [-0.2, 0) is 4.74 Å². The summed E-state index contributed by atoms with van der Waals surface area (Å²) in [6.45, 7) is -0.413. The van der Waals surface area contributed by atoms with E-state index in [1.165, 1.54) is 35.7 Å². The number of fused-ring (bicyclic) bond motifs is 1. The van der Waals surface area contributed by atoms with Crippen LogP contribution in [0.5, 0.6) is 0 Å². The summed E-state index contributed by atoms with van der Waals surface area (Å²) in [5.41, 5.74) is 13.9. The zero-order valence-electron chi connectivity index (χ0n) is 15.3. The van der Waals surface area contributed by atoms with E-state index in [2.05, 4.69) is 25.8 Å². The Morgan fingerprint density at radius 2 is 2.00 bits per heavy atom. The van der Waals surface area contributed by atoms with Crippen LogP contribution in [0.15, 0.2) is 18.1 Å². The van der Waals surface area contributed by atoms with Gasteiger partial charge in [-0.3, -0.25) is 9.99 Å². The predicted octanol–water partition coefficient (Wildman–Crippen LogP) is -0.216. The fourth-order valence-electron chi connectivity index (χ4n) is 3.64. The fraction of sp³-hybridized carbons (Fsp3) is 0.588. The lowest BCUT2D eigenvalue weighted by Crippen LogP contribution is -2.33. The van der Waals surface area contributed by atoms with Crippen molar-refractivity contribution < 1.29 is 20.1 Å². The fourth-order valence-corrected chi connectivity index (χ4v) is 3.64. The number of nitrogens with zero attached hydrogens (tertiary/aromatic N) is 4. The summed E-state index contributed by atoms with van der Waals surface area (Å²) < 4.78 is 7.03. The van der Waals surface area contributed by atoms with Crippen LogP contribution in [0, 0.1) is 0 Å². The number of aliphatic hydroxyl groups is 3. The normalized spacial score (nSPS) is 27.9. The molecule has 0 amide bonds. The van der Waals surface area contributed by atoms with E-state index in [1.807, 2.05) is 6.20 Å². The standard InChI is InChI=1S/C17H25N7O4/c18-14-11-15(22-17(21-14)23-20-6-9-4-2-1-3-5-9)24(8-19-11)16-13(27)12(26)10(7-25)28-16/h6,8,10,12-13,16,20,25-27H,1-5,7H2,(H3,18,21,22,23)/t10?,12-,13-,16?/m1/s1. The molecule has 11 nitrogen and oxygen atoms in total. The molecule has 2 unspecified atom stereocenters. The first-order valence-electron chi connectivity index (χ1n) is 9.40. The Morgan fingerprint density at radius 3 is 2.71 bits per heavy atom. The van der Waals surface area contributed by atoms with Crippen molar-refractivity contribution in [2.45, 2.75) is 56.6 Å². The molecule has 152 valence electrons. The first-order chi connectivity index (χ1) is 13.6. The molecule has 4 atom stereocenters. The molecule has 0 aromatic carbocycles. The molecular formula is C17H25N7O4. The number of nitrogen functional groups attached to an aromatic ring is 1. The van der Waals surface area contributed by atoms with E-state index in [4.69, 9.17) is 10.5 Å². The first-order valence-corrected chi connectivity index (χ1v) is 9.40. The predicted molar refractivity (Wildman–Crippen MR) is 101 cm³/mol. The molecule has 0 spiro atoms. The van der Waals surface area contributed by atoms with E-state index in [9.17, 15) is 15.3 Å². The number of hydrogen-bond acceptors (Lipinski definition) is 10. The molecule has 2 fully saturated rings.